The highest BCUT2D eigenvalue weighted by Gasteiger charge is 2.48. The van der Waals surface area contributed by atoms with Crippen LogP contribution < -0.4 is 4.90 Å². The first-order valence-electron chi connectivity index (χ1n) is 9.16. The third-order valence-electron chi connectivity index (χ3n) is 5.88. The van der Waals surface area contributed by atoms with E-state index in [-0.39, 0.29) is 23.7 Å². The molecule has 5 rings (SSSR count). The van der Waals surface area contributed by atoms with Gasteiger partial charge in [-0.1, -0.05) is 12.1 Å². The number of anilines is 1. The van der Waals surface area contributed by atoms with E-state index in [0.717, 1.165) is 30.1 Å². The van der Waals surface area contributed by atoms with E-state index < -0.39 is 0 Å². The van der Waals surface area contributed by atoms with Crippen molar-refractivity contribution in [3.63, 3.8) is 0 Å². The van der Waals surface area contributed by atoms with E-state index in [9.17, 15) is 9.18 Å². The minimum absolute atomic E-state index is 0.0450. The van der Waals surface area contributed by atoms with Gasteiger partial charge in [-0.3, -0.25) is 14.2 Å². The van der Waals surface area contributed by atoms with Gasteiger partial charge in [-0.2, -0.15) is 0 Å². The Morgan fingerprint density at radius 1 is 1.22 bits per heavy atom. The molecule has 0 saturated carbocycles. The third kappa shape index (κ3) is 2.57. The van der Waals surface area contributed by atoms with Crippen molar-refractivity contribution < 1.29 is 9.18 Å². The molecule has 1 aromatic carbocycles. The molecule has 2 aromatic heterocycles. The average Bonchev–Trinajstić information content (AvgIpc) is 3.34. The lowest BCUT2D eigenvalue weighted by Gasteiger charge is -2.29. The van der Waals surface area contributed by atoms with E-state index in [1.54, 1.807) is 31.5 Å². The average molecular weight is 365 g/mol. The van der Waals surface area contributed by atoms with Gasteiger partial charge >= 0.3 is 0 Å². The van der Waals surface area contributed by atoms with Crippen LogP contribution in [0.4, 0.5) is 10.2 Å². The Labute approximate surface area is 156 Å². The smallest absolute Gasteiger partial charge is 0.219 e. The summed E-state index contributed by atoms with van der Waals surface area (Å²) >= 11 is 0. The number of rotatable bonds is 2. The standard InChI is InChI=1S/C20H20FN5O/c1-13(27)26-11-15-10-24(19-9-22-8-18-23-5-6-25(18)19)12-17(15)20(26)14-3-2-4-16(21)7-14/h2-9,15,17,20H,10-12H2,1H3/t15-,17-,20+/m1/s1. The molecule has 2 fully saturated rings. The first kappa shape index (κ1) is 16.2. The molecule has 138 valence electrons. The Bertz CT molecular complexity index is 1020. The lowest BCUT2D eigenvalue weighted by atomic mass is 9.89. The van der Waals surface area contributed by atoms with E-state index in [1.165, 1.54) is 6.07 Å². The first-order valence-corrected chi connectivity index (χ1v) is 9.16. The van der Waals surface area contributed by atoms with Gasteiger partial charge in [0.25, 0.3) is 0 Å². The molecule has 1 amide bonds. The summed E-state index contributed by atoms with van der Waals surface area (Å²) in [5.74, 6) is 1.40. The molecule has 0 bridgehead atoms. The van der Waals surface area contributed by atoms with Crippen LogP contribution in [0, 0.1) is 17.7 Å². The summed E-state index contributed by atoms with van der Waals surface area (Å²) in [5.41, 5.74) is 1.69. The van der Waals surface area contributed by atoms with Gasteiger partial charge in [-0.05, 0) is 17.7 Å². The largest absolute Gasteiger partial charge is 0.356 e. The highest BCUT2D eigenvalue weighted by molar-refractivity contribution is 5.74. The number of fused-ring (bicyclic) bond motifs is 2. The second-order valence-corrected chi connectivity index (χ2v) is 7.42. The molecule has 0 spiro atoms. The fourth-order valence-electron chi connectivity index (χ4n) is 4.74. The molecule has 2 saturated heterocycles. The molecule has 4 heterocycles. The number of likely N-dealkylation sites (tertiary alicyclic amines) is 1. The number of amides is 1. The maximum absolute atomic E-state index is 13.8. The van der Waals surface area contributed by atoms with Gasteiger partial charge in [0.05, 0.1) is 18.4 Å². The molecule has 2 aliphatic heterocycles. The Morgan fingerprint density at radius 3 is 2.93 bits per heavy atom. The zero-order valence-electron chi connectivity index (χ0n) is 15.0. The van der Waals surface area contributed by atoms with Crippen LogP contribution in [0.3, 0.4) is 0 Å². The number of halogens is 1. The van der Waals surface area contributed by atoms with Gasteiger partial charge in [0.2, 0.25) is 5.91 Å². The van der Waals surface area contributed by atoms with Crippen molar-refractivity contribution in [1.29, 1.82) is 0 Å². The van der Waals surface area contributed by atoms with Crippen LogP contribution in [0.1, 0.15) is 18.5 Å². The van der Waals surface area contributed by atoms with E-state index in [0.29, 0.717) is 12.5 Å². The molecule has 3 aromatic rings. The quantitative estimate of drug-likeness (QED) is 0.700. The monoisotopic (exact) mass is 365 g/mol. The van der Waals surface area contributed by atoms with Gasteiger partial charge in [-0.25, -0.2) is 9.37 Å². The molecular formula is C20H20FN5O. The summed E-state index contributed by atoms with van der Waals surface area (Å²) in [6.07, 6.45) is 7.31. The summed E-state index contributed by atoms with van der Waals surface area (Å²) in [4.78, 5) is 25.1. The van der Waals surface area contributed by atoms with Crippen LogP contribution in [-0.4, -0.2) is 44.8 Å². The van der Waals surface area contributed by atoms with Crippen LogP contribution in [0.5, 0.6) is 0 Å². The molecule has 2 aliphatic rings. The molecule has 7 heteroatoms. The molecular weight excluding hydrogens is 345 g/mol. The van der Waals surface area contributed by atoms with Gasteiger partial charge < -0.3 is 9.80 Å². The SMILES string of the molecule is CC(=O)N1C[C@H]2CN(c3cncc4nccn34)C[C@H]2[C@@H]1c1cccc(F)c1. The van der Waals surface area contributed by atoms with E-state index in [2.05, 4.69) is 14.9 Å². The van der Waals surface area contributed by atoms with E-state index >= 15 is 0 Å². The molecule has 3 atom stereocenters. The lowest BCUT2D eigenvalue weighted by molar-refractivity contribution is -0.130. The number of imidazole rings is 1. The predicted molar refractivity (Wildman–Crippen MR) is 98.7 cm³/mol. The van der Waals surface area contributed by atoms with Crippen LogP contribution >= 0.6 is 0 Å². The van der Waals surface area contributed by atoms with Crippen molar-refractivity contribution >= 4 is 17.4 Å². The van der Waals surface area contributed by atoms with Gasteiger partial charge in [-0.15, -0.1) is 0 Å². The topological polar surface area (TPSA) is 53.7 Å². The number of benzene rings is 1. The molecule has 27 heavy (non-hydrogen) atoms. The van der Waals surface area contributed by atoms with Crippen LogP contribution in [0.2, 0.25) is 0 Å². The normalized spacial score (nSPS) is 24.6. The summed E-state index contributed by atoms with van der Waals surface area (Å²) in [5, 5.41) is 0. The Hall–Kier alpha value is -2.96. The number of carbonyl (C=O) groups is 1. The predicted octanol–water partition coefficient (Wildman–Crippen LogP) is 2.52. The fourth-order valence-corrected chi connectivity index (χ4v) is 4.74. The highest BCUT2D eigenvalue weighted by Crippen LogP contribution is 2.45. The second kappa shape index (κ2) is 6.04. The maximum Gasteiger partial charge on any atom is 0.219 e. The molecule has 0 radical (unpaired) electrons. The van der Waals surface area contributed by atoms with Crippen molar-refractivity contribution in [2.75, 3.05) is 24.5 Å². The summed E-state index contributed by atoms with van der Waals surface area (Å²) in [7, 11) is 0. The Morgan fingerprint density at radius 2 is 2.11 bits per heavy atom. The minimum atomic E-state index is -0.262. The second-order valence-electron chi connectivity index (χ2n) is 7.42. The zero-order chi connectivity index (χ0) is 18.5. The van der Waals surface area contributed by atoms with Gasteiger partial charge in [0.1, 0.15) is 11.6 Å². The van der Waals surface area contributed by atoms with Crippen molar-refractivity contribution in [1.82, 2.24) is 19.3 Å². The molecule has 0 N–H and O–H groups in total. The highest BCUT2D eigenvalue weighted by atomic mass is 19.1. The zero-order valence-corrected chi connectivity index (χ0v) is 15.0. The Balaban J connectivity index is 1.50. The summed E-state index contributed by atoms with van der Waals surface area (Å²) < 4.78 is 15.9. The molecule has 0 aliphatic carbocycles. The number of aromatic nitrogens is 3. The minimum Gasteiger partial charge on any atom is -0.356 e. The molecule has 0 unspecified atom stereocenters. The van der Waals surface area contributed by atoms with Gasteiger partial charge in [0.15, 0.2) is 5.65 Å². The molecule has 6 nitrogen and oxygen atoms in total. The summed E-state index contributed by atoms with van der Waals surface area (Å²) in [6.45, 7) is 3.94. The van der Waals surface area contributed by atoms with Crippen molar-refractivity contribution in [2.45, 2.75) is 13.0 Å². The van der Waals surface area contributed by atoms with Crippen LogP contribution in [-0.2, 0) is 4.79 Å². The van der Waals surface area contributed by atoms with Crippen molar-refractivity contribution in [3.8, 4) is 0 Å². The number of hydrogen-bond donors (Lipinski definition) is 0. The van der Waals surface area contributed by atoms with E-state index in [4.69, 9.17) is 0 Å². The number of nitrogens with zero attached hydrogens (tertiary/aromatic N) is 5. The lowest BCUT2D eigenvalue weighted by Crippen LogP contribution is -2.34. The van der Waals surface area contributed by atoms with E-state index in [1.807, 2.05) is 27.8 Å². The Kier molecular flexibility index (Phi) is 3.63. The number of hydrogen-bond acceptors (Lipinski definition) is 4. The van der Waals surface area contributed by atoms with Crippen LogP contribution in [0.25, 0.3) is 5.65 Å². The fraction of sp³-hybridized carbons (Fsp3) is 0.350. The third-order valence-corrected chi connectivity index (χ3v) is 5.88. The maximum atomic E-state index is 13.8. The van der Waals surface area contributed by atoms with Crippen molar-refractivity contribution in [3.05, 3.63) is 60.4 Å². The van der Waals surface area contributed by atoms with Crippen molar-refractivity contribution in [2.24, 2.45) is 11.8 Å². The van der Waals surface area contributed by atoms with Gasteiger partial charge in [0, 0.05) is 50.8 Å². The van der Waals surface area contributed by atoms with Crippen LogP contribution in [0.15, 0.2) is 49.1 Å². The number of carbonyl (C=O) groups excluding carboxylic acids is 1. The first-order chi connectivity index (χ1) is 13.1. The summed E-state index contributed by atoms with van der Waals surface area (Å²) in [6, 6.07) is 6.55.